The molecule has 0 heterocycles. The summed E-state index contributed by atoms with van der Waals surface area (Å²) in [4.78, 5) is 23.4. The summed E-state index contributed by atoms with van der Waals surface area (Å²) < 4.78 is 5.06. The van der Waals surface area contributed by atoms with Crippen LogP contribution in [0.3, 0.4) is 0 Å². The zero-order valence-corrected chi connectivity index (χ0v) is 13.1. The number of methoxy groups -OCH3 is 1. The van der Waals surface area contributed by atoms with E-state index in [1.54, 1.807) is 0 Å². The Morgan fingerprint density at radius 1 is 1.45 bits per heavy atom. The van der Waals surface area contributed by atoms with Gasteiger partial charge in [0.2, 0.25) is 0 Å². The number of esters is 1. The Bertz CT molecular complexity index is 440. The summed E-state index contributed by atoms with van der Waals surface area (Å²) >= 11 is 0. The van der Waals surface area contributed by atoms with Crippen LogP contribution in [-0.4, -0.2) is 19.4 Å². The van der Waals surface area contributed by atoms with Gasteiger partial charge in [-0.1, -0.05) is 25.5 Å². The molecule has 0 aromatic rings. The van der Waals surface area contributed by atoms with Crippen LogP contribution >= 0.6 is 0 Å². The van der Waals surface area contributed by atoms with Crippen LogP contribution in [0.4, 0.5) is 0 Å². The molecule has 1 unspecified atom stereocenters. The summed E-state index contributed by atoms with van der Waals surface area (Å²) in [6.45, 7) is 6.45. The largest absolute Gasteiger partial charge is 0.469 e. The molecule has 2 aliphatic carbocycles. The number of carbonyl (C=O) groups excluding carboxylic acids is 2. The number of ether oxygens (including phenoxy) is 1. The molecule has 0 aromatic heterocycles. The summed E-state index contributed by atoms with van der Waals surface area (Å²) in [5, 5.41) is 0. The third-order valence-electron chi connectivity index (χ3n) is 5.97. The predicted molar refractivity (Wildman–Crippen MR) is 78.1 cm³/mol. The first-order chi connectivity index (χ1) is 9.40. The number of rotatable bonds is 3. The van der Waals surface area contributed by atoms with Gasteiger partial charge in [0.05, 0.1) is 12.5 Å². The van der Waals surface area contributed by atoms with Crippen molar-refractivity contribution in [2.75, 3.05) is 7.11 Å². The molecule has 1 fully saturated rings. The lowest BCUT2D eigenvalue weighted by Gasteiger charge is -2.52. The summed E-state index contributed by atoms with van der Waals surface area (Å²) in [6, 6.07) is 0. The smallest absolute Gasteiger partial charge is 0.312 e. The fourth-order valence-corrected chi connectivity index (χ4v) is 4.28. The van der Waals surface area contributed by atoms with Gasteiger partial charge >= 0.3 is 5.97 Å². The Labute approximate surface area is 121 Å². The normalized spacial score (nSPS) is 40.5. The Balaban J connectivity index is 2.42. The molecule has 0 saturated heterocycles. The van der Waals surface area contributed by atoms with Crippen molar-refractivity contribution in [1.82, 2.24) is 0 Å². The Morgan fingerprint density at radius 3 is 2.75 bits per heavy atom. The van der Waals surface area contributed by atoms with Crippen LogP contribution in [0.2, 0.25) is 0 Å². The van der Waals surface area contributed by atoms with Crippen LogP contribution in [0.5, 0.6) is 0 Å². The van der Waals surface area contributed by atoms with Gasteiger partial charge in [-0.2, -0.15) is 0 Å². The topological polar surface area (TPSA) is 43.4 Å². The molecule has 3 nitrogen and oxygen atoms in total. The maximum absolute atomic E-state index is 12.3. The molecular formula is C17H26O3. The van der Waals surface area contributed by atoms with Gasteiger partial charge < -0.3 is 9.53 Å². The van der Waals surface area contributed by atoms with Gasteiger partial charge in [0.15, 0.2) is 0 Å². The molecule has 20 heavy (non-hydrogen) atoms. The zero-order valence-electron chi connectivity index (χ0n) is 13.1. The molecule has 112 valence electrons. The number of aldehydes is 1. The minimum absolute atomic E-state index is 0.0969. The highest BCUT2D eigenvalue weighted by Gasteiger charge is 2.52. The summed E-state index contributed by atoms with van der Waals surface area (Å²) in [5.74, 6) is 0.608. The van der Waals surface area contributed by atoms with Crippen molar-refractivity contribution < 1.29 is 14.3 Å². The fraction of sp³-hybridized carbons (Fsp3) is 0.765. The molecular weight excluding hydrogens is 252 g/mol. The zero-order chi connectivity index (χ0) is 15.0. The van der Waals surface area contributed by atoms with Gasteiger partial charge in [0.25, 0.3) is 0 Å². The molecule has 1 saturated carbocycles. The quantitative estimate of drug-likeness (QED) is 0.450. The highest BCUT2D eigenvalue weighted by Crippen LogP contribution is 2.57. The highest BCUT2D eigenvalue weighted by molar-refractivity contribution is 5.77. The molecule has 3 heteroatoms. The third kappa shape index (κ3) is 2.11. The van der Waals surface area contributed by atoms with Crippen molar-refractivity contribution in [1.29, 1.82) is 0 Å². The van der Waals surface area contributed by atoms with E-state index in [1.807, 2.05) is 6.92 Å². The third-order valence-corrected chi connectivity index (χ3v) is 5.97. The van der Waals surface area contributed by atoms with Gasteiger partial charge in [-0.3, -0.25) is 4.79 Å². The highest BCUT2D eigenvalue weighted by atomic mass is 16.5. The molecule has 0 amide bonds. The van der Waals surface area contributed by atoms with E-state index < -0.39 is 5.41 Å². The van der Waals surface area contributed by atoms with Crippen LogP contribution < -0.4 is 0 Å². The van der Waals surface area contributed by atoms with Gasteiger partial charge in [0.1, 0.15) is 6.29 Å². The Morgan fingerprint density at radius 2 is 2.15 bits per heavy atom. The summed E-state index contributed by atoms with van der Waals surface area (Å²) in [7, 11) is 1.47. The van der Waals surface area contributed by atoms with E-state index in [0.717, 1.165) is 32.0 Å². The van der Waals surface area contributed by atoms with E-state index in [4.69, 9.17) is 4.74 Å². The van der Waals surface area contributed by atoms with Gasteiger partial charge in [0, 0.05) is 6.42 Å². The second-order valence-corrected chi connectivity index (χ2v) is 6.93. The molecule has 0 aromatic carbocycles. The van der Waals surface area contributed by atoms with Crippen molar-refractivity contribution in [3.63, 3.8) is 0 Å². The summed E-state index contributed by atoms with van der Waals surface area (Å²) in [5.41, 5.74) is 0.797. The lowest BCUT2D eigenvalue weighted by molar-refractivity contribution is -0.156. The first-order valence-corrected chi connectivity index (χ1v) is 7.62. The monoisotopic (exact) mass is 278 g/mol. The van der Waals surface area contributed by atoms with Crippen molar-refractivity contribution >= 4 is 12.3 Å². The predicted octanol–water partition coefficient (Wildman–Crippen LogP) is 3.53. The number of hydrogen-bond acceptors (Lipinski definition) is 3. The van der Waals surface area contributed by atoms with Gasteiger partial charge in [-0.05, 0) is 49.9 Å². The number of allylic oxidation sites excluding steroid dienone is 2. The average molecular weight is 278 g/mol. The average Bonchev–Trinajstić information content (AvgIpc) is 2.43. The molecule has 0 radical (unpaired) electrons. The molecule has 2 aliphatic rings. The second-order valence-electron chi connectivity index (χ2n) is 6.93. The Kier molecular flexibility index (Phi) is 4.08. The van der Waals surface area contributed by atoms with Crippen molar-refractivity contribution in [2.24, 2.45) is 22.7 Å². The number of fused-ring (bicyclic) bond motifs is 1. The van der Waals surface area contributed by atoms with Crippen LogP contribution in [-0.2, 0) is 14.3 Å². The molecule has 4 atom stereocenters. The van der Waals surface area contributed by atoms with Crippen molar-refractivity contribution in [3.05, 3.63) is 11.6 Å². The van der Waals surface area contributed by atoms with Gasteiger partial charge in [-0.15, -0.1) is 0 Å². The van der Waals surface area contributed by atoms with E-state index in [1.165, 1.54) is 12.7 Å². The van der Waals surface area contributed by atoms with E-state index >= 15 is 0 Å². The standard InChI is InChI=1S/C17H26O3/c1-12-7-8-14-13(16(12,2)10-11-18)6-5-9-17(14,3)15(19)20-4/h6,11-12,14H,5,7-10H2,1-4H3/t12?,14-,16-,17-/m0/s1. The van der Waals surface area contributed by atoms with Crippen molar-refractivity contribution in [2.45, 2.75) is 52.9 Å². The van der Waals surface area contributed by atoms with E-state index in [0.29, 0.717) is 12.3 Å². The molecule has 0 aliphatic heterocycles. The lowest BCUT2D eigenvalue weighted by Crippen LogP contribution is -2.47. The fourth-order valence-electron chi connectivity index (χ4n) is 4.28. The minimum Gasteiger partial charge on any atom is -0.469 e. The maximum atomic E-state index is 12.3. The first-order valence-electron chi connectivity index (χ1n) is 7.62. The first kappa shape index (κ1) is 15.3. The molecule has 0 N–H and O–H groups in total. The van der Waals surface area contributed by atoms with E-state index in [2.05, 4.69) is 19.9 Å². The lowest BCUT2D eigenvalue weighted by atomic mass is 9.52. The molecule has 2 rings (SSSR count). The summed E-state index contributed by atoms with van der Waals surface area (Å²) in [6.07, 6.45) is 7.70. The van der Waals surface area contributed by atoms with Crippen LogP contribution in [0.15, 0.2) is 11.6 Å². The SMILES string of the molecule is COC(=O)[C@@]1(C)CCC=C2[C@@H]1CCC(C)[C@]2(C)CC=O. The van der Waals surface area contributed by atoms with Crippen LogP contribution in [0.1, 0.15) is 52.9 Å². The number of carbonyl (C=O) groups is 2. The van der Waals surface area contributed by atoms with Crippen molar-refractivity contribution in [3.8, 4) is 0 Å². The van der Waals surface area contributed by atoms with E-state index in [9.17, 15) is 9.59 Å². The minimum atomic E-state index is -0.427. The van der Waals surface area contributed by atoms with E-state index in [-0.39, 0.29) is 17.3 Å². The molecule has 0 bridgehead atoms. The van der Waals surface area contributed by atoms with Crippen LogP contribution in [0.25, 0.3) is 0 Å². The maximum Gasteiger partial charge on any atom is 0.312 e. The van der Waals surface area contributed by atoms with Gasteiger partial charge in [-0.25, -0.2) is 0 Å². The number of hydrogen-bond donors (Lipinski definition) is 0. The Hall–Kier alpha value is -1.12. The molecule has 0 spiro atoms. The van der Waals surface area contributed by atoms with Crippen LogP contribution in [0, 0.1) is 22.7 Å². The second kappa shape index (κ2) is 5.34.